The summed E-state index contributed by atoms with van der Waals surface area (Å²) < 4.78 is 1.78. The number of carboxylic acid groups (broad SMARTS) is 1. The average molecular weight is 312 g/mol. The molecule has 5 nitrogen and oxygen atoms in total. The SMILES string of the molecule is Cc1nn(C(C)(C)C)cc1C(=O)/C=C\c1ccc(C(=O)O)cc1. The van der Waals surface area contributed by atoms with Crippen LogP contribution in [0.4, 0.5) is 0 Å². The molecule has 0 spiro atoms. The molecule has 2 rings (SSSR count). The number of aromatic carboxylic acids is 1. The summed E-state index contributed by atoms with van der Waals surface area (Å²) in [4.78, 5) is 23.1. The second-order valence-electron chi connectivity index (χ2n) is 6.37. The molecule has 0 unspecified atom stereocenters. The third-order valence-electron chi connectivity index (χ3n) is 3.44. The summed E-state index contributed by atoms with van der Waals surface area (Å²) in [6.07, 6.45) is 4.91. The van der Waals surface area contributed by atoms with Gasteiger partial charge in [0, 0.05) is 6.20 Å². The van der Waals surface area contributed by atoms with Crippen molar-refractivity contribution in [1.82, 2.24) is 9.78 Å². The van der Waals surface area contributed by atoms with Crippen LogP contribution in [0.1, 0.15) is 52.7 Å². The van der Waals surface area contributed by atoms with Gasteiger partial charge in [-0.05, 0) is 51.5 Å². The first-order valence-corrected chi connectivity index (χ1v) is 7.31. The lowest BCUT2D eigenvalue weighted by Gasteiger charge is -2.18. The van der Waals surface area contributed by atoms with Crippen LogP contribution >= 0.6 is 0 Å². The second-order valence-corrected chi connectivity index (χ2v) is 6.37. The Hall–Kier alpha value is -2.69. The summed E-state index contributed by atoms with van der Waals surface area (Å²) in [5.74, 6) is -1.10. The number of allylic oxidation sites excluding steroid dienone is 1. The number of nitrogens with zero attached hydrogens (tertiary/aromatic N) is 2. The molecule has 2 aromatic rings. The molecule has 0 amide bonds. The van der Waals surface area contributed by atoms with Crippen LogP contribution < -0.4 is 0 Å². The Labute approximate surface area is 135 Å². The van der Waals surface area contributed by atoms with E-state index in [4.69, 9.17) is 5.11 Å². The zero-order chi connectivity index (χ0) is 17.2. The van der Waals surface area contributed by atoms with Crippen molar-refractivity contribution in [3.8, 4) is 0 Å². The van der Waals surface area contributed by atoms with E-state index >= 15 is 0 Å². The summed E-state index contributed by atoms with van der Waals surface area (Å²) in [6.45, 7) is 7.87. The Kier molecular flexibility index (Phi) is 4.50. The van der Waals surface area contributed by atoms with E-state index in [1.165, 1.54) is 18.2 Å². The van der Waals surface area contributed by atoms with Gasteiger partial charge in [0.05, 0.1) is 22.4 Å². The van der Waals surface area contributed by atoms with Gasteiger partial charge in [0.1, 0.15) is 0 Å². The molecular weight excluding hydrogens is 292 g/mol. The fraction of sp³-hybridized carbons (Fsp3) is 0.278. The summed E-state index contributed by atoms with van der Waals surface area (Å²) in [6, 6.07) is 6.35. The van der Waals surface area contributed by atoms with Gasteiger partial charge in [-0.1, -0.05) is 18.2 Å². The smallest absolute Gasteiger partial charge is 0.335 e. The molecule has 0 bridgehead atoms. The summed E-state index contributed by atoms with van der Waals surface area (Å²) in [7, 11) is 0. The maximum Gasteiger partial charge on any atom is 0.335 e. The fourth-order valence-electron chi connectivity index (χ4n) is 2.04. The highest BCUT2D eigenvalue weighted by molar-refractivity contribution is 6.07. The molecule has 5 heteroatoms. The standard InChI is InChI=1S/C18H20N2O3/c1-12-15(11-20(19-12)18(2,3)4)16(21)10-7-13-5-8-14(9-6-13)17(22)23/h5-11H,1-4H3,(H,22,23)/b10-7-. The maximum atomic E-state index is 12.3. The number of benzene rings is 1. The van der Waals surface area contributed by atoms with Crippen LogP contribution in [0.15, 0.2) is 36.5 Å². The number of hydrogen-bond acceptors (Lipinski definition) is 3. The number of carbonyl (C=O) groups is 2. The number of aromatic nitrogens is 2. The van der Waals surface area contributed by atoms with Crippen molar-refractivity contribution in [2.75, 3.05) is 0 Å². The fourth-order valence-corrected chi connectivity index (χ4v) is 2.04. The molecule has 120 valence electrons. The topological polar surface area (TPSA) is 72.2 Å². The van der Waals surface area contributed by atoms with Crippen LogP contribution in [0.2, 0.25) is 0 Å². The lowest BCUT2D eigenvalue weighted by molar-refractivity contribution is 0.0696. The minimum absolute atomic E-state index is 0.125. The van der Waals surface area contributed by atoms with Crippen molar-refractivity contribution in [1.29, 1.82) is 0 Å². The molecule has 0 aliphatic heterocycles. The largest absolute Gasteiger partial charge is 0.478 e. The number of carbonyl (C=O) groups excluding carboxylic acids is 1. The number of ketones is 1. The van der Waals surface area contributed by atoms with Gasteiger partial charge in [-0.3, -0.25) is 9.48 Å². The molecule has 0 aliphatic rings. The molecule has 23 heavy (non-hydrogen) atoms. The van der Waals surface area contributed by atoms with Gasteiger partial charge in [0.25, 0.3) is 0 Å². The van der Waals surface area contributed by atoms with Crippen molar-refractivity contribution in [3.05, 3.63) is 58.9 Å². The van der Waals surface area contributed by atoms with E-state index in [1.807, 2.05) is 27.7 Å². The van der Waals surface area contributed by atoms with Crippen molar-refractivity contribution in [3.63, 3.8) is 0 Å². The minimum atomic E-state index is -0.971. The van der Waals surface area contributed by atoms with E-state index in [2.05, 4.69) is 5.10 Å². The van der Waals surface area contributed by atoms with Crippen LogP contribution in [-0.2, 0) is 5.54 Å². The predicted molar refractivity (Wildman–Crippen MR) is 88.7 cm³/mol. The first-order chi connectivity index (χ1) is 10.7. The highest BCUT2D eigenvalue weighted by Crippen LogP contribution is 2.17. The quantitative estimate of drug-likeness (QED) is 0.692. The Morgan fingerprint density at radius 1 is 1.17 bits per heavy atom. The van der Waals surface area contributed by atoms with Gasteiger partial charge in [-0.15, -0.1) is 0 Å². The van der Waals surface area contributed by atoms with Crippen molar-refractivity contribution >= 4 is 17.8 Å². The lowest BCUT2D eigenvalue weighted by Crippen LogP contribution is -2.22. The molecule has 0 atom stereocenters. The van der Waals surface area contributed by atoms with E-state index < -0.39 is 5.97 Å². The van der Waals surface area contributed by atoms with Gasteiger partial charge in [0.15, 0.2) is 5.78 Å². The zero-order valence-electron chi connectivity index (χ0n) is 13.7. The maximum absolute atomic E-state index is 12.3. The van der Waals surface area contributed by atoms with Crippen LogP contribution in [0.3, 0.4) is 0 Å². The van der Waals surface area contributed by atoms with Gasteiger partial charge in [-0.2, -0.15) is 5.10 Å². The van der Waals surface area contributed by atoms with Gasteiger partial charge in [0.2, 0.25) is 0 Å². The number of rotatable bonds is 4. The molecule has 1 N–H and O–H groups in total. The number of hydrogen-bond donors (Lipinski definition) is 1. The molecule has 1 heterocycles. The van der Waals surface area contributed by atoms with E-state index in [9.17, 15) is 9.59 Å². The predicted octanol–water partition coefficient (Wildman–Crippen LogP) is 3.54. The highest BCUT2D eigenvalue weighted by Gasteiger charge is 2.18. The number of carboxylic acids is 1. The molecule has 0 saturated carbocycles. The Balaban J connectivity index is 2.18. The number of aryl methyl sites for hydroxylation is 1. The van der Waals surface area contributed by atoms with Crippen molar-refractivity contribution < 1.29 is 14.7 Å². The normalized spacial score (nSPS) is 11.8. The first-order valence-electron chi connectivity index (χ1n) is 7.31. The summed E-state index contributed by atoms with van der Waals surface area (Å²) >= 11 is 0. The Morgan fingerprint density at radius 2 is 1.78 bits per heavy atom. The first kappa shape index (κ1) is 16.7. The highest BCUT2D eigenvalue weighted by atomic mass is 16.4. The van der Waals surface area contributed by atoms with Crippen LogP contribution in [0.5, 0.6) is 0 Å². The summed E-state index contributed by atoms with van der Waals surface area (Å²) in [5.41, 5.74) is 2.06. The van der Waals surface area contributed by atoms with E-state index in [0.717, 1.165) is 5.56 Å². The van der Waals surface area contributed by atoms with E-state index in [1.54, 1.807) is 29.1 Å². The Bertz CT molecular complexity index is 763. The minimum Gasteiger partial charge on any atom is -0.478 e. The molecule has 0 radical (unpaired) electrons. The molecule has 1 aromatic carbocycles. The molecule has 1 aromatic heterocycles. The zero-order valence-corrected chi connectivity index (χ0v) is 13.7. The van der Waals surface area contributed by atoms with Crippen LogP contribution in [-0.4, -0.2) is 26.6 Å². The van der Waals surface area contributed by atoms with Crippen molar-refractivity contribution in [2.24, 2.45) is 0 Å². The Morgan fingerprint density at radius 3 is 2.26 bits per heavy atom. The second kappa shape index (κ2) is 6.20. The molecule has 0 aliphatic carbocycles. The third kappa shape index (κ3) is 3.94. The van der Waals surface area contributed by atoms with E-state index in [-0.39, 0.29) is 16.9 Å². The third-order valence-corrected chi connectivity index (χ3v) is 3.44. The van der Waals surface area contributed by atoms with E-state index in [0.29, 0.717) is 11.3 Å². The lowest BCUT2D eigenvalue weighted by atomic mass is 10.1. The average Bonchev–Trinajstić information content (AvgIpc) is 2.87. The van der Waals surface area contributed by atoms with Crippen LogP contribution in [0, 0.1) is 6.92 Å². The van der Waals surface area contributed by atoms with Gasteiger partial charge < -0.3 is 5.11 Å². The van der Waals surface area contributed by atoms with Crippen LogP contribution in [0.25, 0.3) is 6.08 Å². The molecule has 0 saturated heterocycles. The molecule has 0 fully saturated rings. The van der Waals surface area contributed by atoms with Gasteiger partial charge in [-0.25, -0.2) is 4.79 Å². The molecular formula is C18H20N2O3. The summed E-state index contributed by atoms with van der Waals surface area (Å²) in [5, 5.41) is 13.2. The monoisotopic (exact) mass is 312 g/mol. The van der Waals surface area contributed by atoms with Gasteiger partial charge >= 0.3 is 5.97 Å². The van der Waals surface area contributed by atoms with Crippen molar-refractivity contribution in [2.45, 2.75) is 33.2 Å².